The second-order valence-corrected chi connectivity index (χ2v) is 6.87. The van der Waals surface area contributed by atoms with Gasteiger partial charge in [0.2, 0.25) is 0 Å². The first-order chi connectivity index (χ1) is 9.50. The van der Waals surface area contributed by atoms with Crippen molar-refractivity contribution in [3.8, 4) is 0 Å². The van der Waals surface area contributed by atoms with E-state index in [-0.39, 0.29) is 11.9 Å². The Hall–Kier alpha value is -1.27. The van der Waals surface area contributed by atoms with Gasteiger partial charge in [0, 0.05) is 12.2 Å². The fourth-order valence-corrected chi connectivity index (χ4v) is 4.32. The Morgan fingerprint density at radius 3 is 2.65 bits per heavy atom. The van der Waals surface area contributed by atoms with Crippen LogP contribution in [-0.2, 0) is 20.7 Å². The van der Waals surface area contributed by atoms with Gasteiger partial charge in [-0.2, -0.15) is 0 Å². The summed E-state index contributed by atoms with van der Waals surface area (Å²) < 4.78 is 8.96. The lowest BCUT2D eigenvalue weighted by Crippen LogP contribution is -2.35. The Kier molecular flexibility index (Phi) is 4.55. The molecule has 1 atom stereocenters. The Bertz CT molecular complexity index is 561. The van der Waals surface area contributed by atoms with Crippen LogP contribution in [0.4, 0.5) is 0 Å². The van der Waals surface area contributed by atoms with Crippen LogP contribution in [0.25, 0.3) is 0 Å². The van der Waals surface area contributed by atoms with Crippen molar-refractivity contribution in [1.82, 2.24) is 0 Å². The van der Waals surface area contributed by atoms with Crippen molar-refractivity contribution in [1.29, 1.82) is 0 Å². The van der Waals surface area contributed by atoms with Gasteiger partial charge in [0.25, 0.3) is 0 Å². The fourth-order valence-electron chi connectivity index (χ4n) is 2.17. The second-order valence-electron chi connectivity index (χ2n) is 4.65. The van der Waals surface area contributed by atoms with Crippen LogP contribution >= 0.6 is 23.1 Å². The standard InChI is InChI=1S/C14H16O4S2/c1-9-5-14(20-7-9,13(16)18-3)6-10-4-11(19-8-10)12(15)17-2/h4-5,8H,6-7H2,1-3H3. The van der Waals surface area contributed by atoms with Gasteiger partial charge in [-0.3, -0.25) is 4.79 Å². The molecule has 0 fully saturated rings. The van der Waals surface area contributed by atoms with Gasteiger partial charge < -0.3 is 9.47 Å². The summed E-state index contributed by atoms with van der Waals surface area (Å²) >= 11 is 2.90. The molecule has 1 aromatic heterocycles. The monoisotopic (exact) mass is 312 g/mol. The van der Waals surface area contributed by atoms with Crippen LogP contribution in [-0.4, -0.2) is 36.7 Å². The maximum Gasteiger partial charge on any atom is 0.348 e. The summed E-state index contributed by atoms with van der Waals surface area (Å²) in [6.07, 6.45) is 2.49. The summed E-state index contributed by atoms with van der Waals surface area (Å²) in [6.45, 7) is 2.01. The summed E-state index contributed by atoms with van der Waals surface area (Å²) in [7, 11) is 2.76. The molecule has 4 nitrogen and oxygen atoms in total. The Morgan fingerprint density at radius 1 is 1.35 bits per heavy atom. The molecule has 108 valence electrons. The number of rotatable bonds is 4. The number of carbonyl (C=O) groups excluding carboxylic acids is 2. The van der Waals surface area contributed by atoms with E-state index in [0.29, 0.717) is 11.3 Å². The first kappa shape index (κ1) is 15.1. The predicted molar refractivity (Wildman–Crippen MR) is 80.3 cm³/mol. The number of hydrogen-bond donors (Lipinski definition) is 0. The Morgan fingerprint density at radius 2 is 2.10 bits per heavy atom. The smallest absolute Gasteiger partial charge is 0.348 e. The molecule has 0 radical (unpaired) electrons. The minimum Gasteiger partial charge on any atom is -0.468 e. The summed E-state index contributed by atoms with van der Waals surface area (Å²) in [6, 6.07) is 1.78. The van der Waals surface area contributed by atoms with Crippen LogP contribution in [0.2, 0.25) is 0 Å². The van der Waals surface area contributed by atoms with E-state index in [9.17, 15) is 9.59 Å². The molecule has 2 heterocycles. The molecule has 0 N–H and O–H groups in total. The molecule has 20 heavy (non-hydrogen) atoms. The summed E-state index contributed by atoms with van der Waals surface area (Å²) in [5, 5.41) is 1.89. The van der Waals surface area contributed by atoms with Gasteiger partial charge in [-0.25, -0.2) is 4.79 Å². The number of thioether (sulfide) groups is 1. The van der Waals surface area contributed by atoms with Crippen molar-refractivity contribution in [2.75, 3.05) is 20.0 Å². The van der Waals surface area contributed by atoms with E-state index in [1.807, 2.05) is 18.4 Å². The molecule has 0 aromatic carbocycles. The molecule has 0 aliphatic carbocycles. The highest BCUT2D eigenvalue weighted by atomic mass is 32.2. The predicted octanol–water partition coefficient (Wildman–Crippen LogP) is 2.68. The molecule has 1 unspecified atom stereocenters. The average molecular weight is 312 g/mol. The number of carbonyl (C=O) groups is 2. The van der Waals surface area contributed by atoms with Crippen LogP contribution in [0.3, 0.4) is 0 Å². The van der Waals surface area contributed by atoms with Gasteiger partial charge in [-0.15, -0.1) is 23.1 Å². The first-order valence-electron chi connectivity index (χ1n) is 6.07. The highest BCUT2D eigenvalue weighted by Crippen LogP contribution is 2.40. The number of esters is 2. The molecular weight excluding hydrogens is 296 g/mol. The quantitative estimate of drug-likeness (QED) is 0.632. The normalized spacial score (nSPS) is 21.4. The number of ether oxygens (including phenoxy) is 2. The topological polar surface area (TPSA) is 52.6 Å². The molecule has 1 aliphatic heterocycles. The Balaban J connectivity index is 2.23. The lowest BCUT2D eigenvalue weighted by atomic mass is 9.98. The third kappa shape index (κ3) is 2.91. The molecule has 1 aliphatic rings. The molecular formula is C14H16O4S2. The first-order valence-corrected chi connectivity index (χ1v) is 7.93. The van der Waals surface area contributed by atoms with Crippen molar-refractivity contribution in [3.05, 3.63) is 33.5 Å². The minimum absolute atomic E-state index is 0.245. The largest absolute Gasteiger partial charge is 0.468 e. The lowest BCUT2D eigenvalue weighted by Gasteiger charge is -2.22. The third-order valence-electron chi connectivity index (χ3n) is 3.07. The van der Waals surface area contributed by atoms with E-state index in [0.717, 1.165) is 11.3 Å². The lowest BCUT2D eigenvalue weighted by molar-refractivity contribution is -0.142. The highest BCUT2D eigenvalue weighted by molar-refractivity contribution is 8.02. The zero-order valence-corrected chi connectivity index (χ0v) is 13.2. The summed E-state index contributed by atoms with van der Waals surface area (Å²) in [4.78, 5) is 24.1. The van der Waals surface area contributed by atoms with Gasteiger partial charge >= 0.3 is 11.9 Å². The zero-order chi connectivity index (χ0) is 14.8. The SMILES string of the molecule is COC(=O)c1cc(CC2(C(=O)OC)C=C(C)CS2)cs1. The average Bonchev–Trinajstić information content (AvgIpc) is 3.05. The van der Waals surface area contributed by atoms with Gasteiger partial charge in [-0.05, 0) is 23.9 Å². The number of thiophene rings is 1. The number of hydrogen-bond acceptors (Lipinski definition) is 6. The molecule has 0 bridgehead atoms. The van der Waals surface area contributed by atoms with Crippen LogP contribution in [0.5, 0.6) is 0 Å². The molecule has 0 saturated heterocycles. The van der Waals surface area contributed by atoms with E-state index in [2.05, 4.69) is 0 Å². The van der Waals surface area contributed by atoms with Gasteiger partial charge in [0.1, 0.15) is 9.62 Å². The van der Waals surface area contributed by atoms with Crippen molar-refractivity contribution in [3.63, 3.8) is 0 Å². The van der Waals surface area contributed by atoms with Crippen molar-refractivity contribution in [2.24, 2.45) is 0 Å². The highest BCUT2D eigenvalue weighted by Gasteiger charge is 2.41. The van der Waals surface area contributed by atoms with Crippen LogP contribution in [0.15, 0.2) is 23.1 Å². The van der Waals surface area contributed by atoms with Crippen LogP contribution in [0, 0.1) is 0 Å². The van der Waals surface area contributed by atoms with Gasteiger partial charge in [0.15, 0.2) is 0 Å². The van der Waals surface area contributed by atoms with Gasteiger partial charge in [-0.1, -0.05) is 11.6 Å². The van der Waals surface area contributed by atoms with E-state index >= 15 is 0 Å². The summed E-state index contributed by atoms with van der Waals surface area (Å²) in [5.74, 6) is 0.229. The third-order valence-corrected chi connectivity index (χ3v) is 5.58. The van der Waals surface area contributed by atoms with Crippen molar-refractivity contribution in [2.45, 2.75) is 18.1 Å². The molecule has 2 rings (SSSR count). The molecule has 1 aromatic rings. The summed E-state index contributed by atoms with van der Waals surface area (Å²) in [5.41, 5.74) is 2.11. The molecule has 0 amide bonds. The van der Waals surface area contributed by atoms with Crippen molar-refractivity contribution >= 4 is 35.0 Å². The van der Waals surface area contributed by atoms with E-state index < -0.39 is 4.75 Å². The van der Waals surface area contributed by atoms with Crippen LogP contribution < -0.4 is 0 Å². The van der Waals surface area contributed by atoms with Crippen molar-refractivity contribution < 1.29 is 19.1 Å². The molecule has 0 spiro atoms. The minimum atomic E-state index is -0.673. The van der Waals surface area contributed by atoms with E-state index in [1.54, 1.807) is 17.8 Å². The molecule has 6 heteroatoms. The molecule has 0 saturated carbocycles. The second kappa shape index (κ2) is 6.01. The number of methoxy groups -OCH3 is 2. The maximum atomic E-state index is 12.1. The van der Waals surface area contributed by atoms with Crippen LogP contribution in [0.1, 0.15) is 22.2 Å². The fraction of sp³-hybridized carbons (Fsp3) is 0.429. The van der Waals surface area contributed by atoms with E-state index in [4.69, 9.17) is 9.47 Å². The van der Waals surface area contributed by atoms with E-state index in [1.165, 1.54) is 31.1 Å². The maximum absolute atomic E-state index is 12.1. The van der Waals surface area contributed by atoms with Gasteiger partial charge in [0.05, 0.1) is 14.2 Å². The Labute approximate surface area is 126 Å². The zero-order valence-electron chi connectivity index (χ0n) is 11.6.